The summed E-state index contributed by atoms with van der Waals surface area (Å²) in [6.45, 7) is 0.715. The van der Waals surface area contributed by atoms with Crippen LogP contribution in [0.15, 0.2) is 41.8 Å². The first-order chi connectivity index (χ1) is 13.8. The van der Waals surface area contributed by atoms with Crippen LogP contribution in [0.2, 0.25) is 0 Å². The van der Waals surface area contributed by atoms with Crippen LogP contribution in [0.4, 0.5) is 10.1 Å². The van der Waals surface area contributed by atoms with E-state index in [-0.39, 0.29) is 42.9 Å². The molecule has 154 valence electrons. The molecule has 1 aromatic heterocycles. The minimum absolute atomic E-state index is 0.0772. The van der Waals surface area contributed by atoms with Gasteiger partial charge in [-0.1, -0.05) is 6.07 Å². The lowest BCUT2D eigenvalue weighted by Gasteiger charge is -2.23. The lowest BCUT2D eigenvalue weighted by molar-refractivity contribution is -0.135. The van der Waals surface area contributed by atoms with E-state index in [4.69, 9.17) is 0 Å². The molecular weight excluding hydrogens is 415 g/mol. The molecule has 2 aliphatic heterocycles. The van der Waals surface area contributed by atoms with Crippen LogP contribution in [-0.2, 0) is 19.4 Å². The molecule has 0 N–H and O–H groups in total. The van der Waals surface area contributed by atoms with Crippen LogP contribution in [-0.4, -0.2) is 50.5 Å². The van der Waals surface area contributed by atoms with Crippen molar-refractivity contribution in [3.63, 3.8) is 0 Å². The second-order valence-corrected chi connectivity index (χ2v) is 10.6. The van der Waals surface area contributed by atoms with Crippen molar-refractivity contribution in [2.24, 2.45) is 5.92 Å². The molecular formula is C20H21FN2O4S2. The predicted octanol–water partition coefficient (Wildman–Crippen LogP) is 2.63. The Balaban J connectivity index is 1.46. The van der Waals surface area contributed by atoms with Gasteiger partial charge in [0.15, 0.2) is 9.84 Å². The number of anilines is 1. The number of carbonyl (C=O) groups excluding carboxylic acids is 2. The summed E-state index contributed by atoms with van der Waals surface area (Å²) in [6.07, 6.45) is 0.435. The first kappa shape index (κ1) is 20.0. The van der Waals surface area contributed by atoms with Crippen molar-refractivity contribution in [2.75, 3.05) is 30.3 Å². The van der Waals surface area contributed by atoms with Gasteiger partial charge in [-0.15, -0.1) is 11.3 Å². The molecule has 3 heterocycles. The first-order valence-electron chi connectivity index (χ1n) is 9.45. The summed E-state index contributed by atoms with van der Waals surface area (Å²) < 4.78 is 38.5. The fraction of sp³-hybridized carbons (Fsp3) is 0.400. The van der Waals surface area contributed by atoms with Crippen LogP contribution < -0.4 is 4.90 Å². The first-order valence-corrected chi connectivity index (χ1v) is 12.0. The van der Waals surface area contributed by atoms with Crippen LogP contribution >= 0.6 is 11.3 Å². The van der Waals surface area contributed by atoms with E-state index < -0.39 is 21.0 Å². The summed E-state index contributed by atoms with van der Waals surface area (Å²) >= 11 is 1.41. The fourth-order valence-electron chi connectivity index (χ4n) is 3.96. The predicted molar refractivity (Wildman–Crippen MR) is 109 cm³/mol. The molecule has 4 rings (SSSR count). The largest absolute Gasteiger partial charge is 0.341 e. The van der Waals surface area contributed by atoms with Gasteiger partial charge in [0.2, 0.25) is 11.8 Å². The van der Waals surface area contributed by atoms with Crippen molar-refractivity contribution in [2.45, 2.75) is 18.1 Å². The van der Waals surface area contributed by atoms with Crippen LogP contribution in [0.3, 0.4) is 0 Å². The van der Waals surface area contributed by atoms with Gasteiger partial charge in [0, 0.05) is 36.6 Å². The van der Waals surface area contributed by atoms with E-state index >= 15 is 0 Å². The van der Waals surface area contributed by atoms with E-state index in [1.807, 2.05) is 17.5 Å². The molecule has 0 radical (unpaired) electrons. The average molecular weight is 437 g/mol. The molecule has 9 heteroatoms. The van der Waals surface area contributed by atoms with E-state index in [0.29, 0.717) is 18.7 Å². The Labute approximate surface area is 172 Å². The highest BCUT2D eigenvalue weighted by Crippen LogP contribution is 2.33. The van der Waals surface area contributed by atoms with Crippen molar-refractivity contribution in [1.29, 1.82) is 0 Å². The van der Waals surface area contributed by atoms with Gasteiger partial charge in [0.25, 0.3) is 0 Å². The zero-order valence-electron chi connectivity index (χ0n) is 15.7. The lowest BCUT2D eigenvalue weighted by atomic mass is 10.1. The highest BCUT2D eigenvalue weighted by atomic mass is 32.2. The number of benzene rings is 1. The number of hydrogen-bond donors (Lipinski definition) is 0. The summed E-state index contributed by atoms with van der Waals surface area (Å²) in [4.78, 5) is 29.3. The maximum atomic E-state index is 13.1. The van der Waals surface area contributed by atoms with Gasteiger partial charge < -0.3 is 9.80 Å². The van der Waals surface area contributed by atoms with Gasteiger partial charge in [-0.05, 0) is 42.1 Å². The van der Waals surface area contributed by atoms with Gasteiger partial charge in [0.05, 0.1) is 16.9 Å². The molecule has 2 amide bonds. The molecule has 2 aliphatic rings. The van der Waals surface area contributed by atoms with Crippen molar-refractivity contribution in [3.8, 4) is 0 Å². The topological polar surface area (TPSA) is 74.8 Å². The Morgan fingerprint density at radius 3 is 2.59 bits per heavy atom. The summed E-state index contributed by atoms with van der Waals surface area (Å²) in [5.74, 6) is -1.37. The lowest BCUT2D eigenvalue weighted by Crippen LogP contribution is -2.39. The number of amides is 2. The molecule has 2 aromatic rings. The van der Waals surface area contributed by atoms with Crippen LogP contribution in [0.25, 0.3) is 0 Å². The van der Waals surface area contributed by atoms with Gasteiger partial charge in [-0.25, -0.2) is 12.8 Å². The third-order valence-corrected chi connectivity index (χ3v) is 8.77. The van der Waals surface area contributed by atoms with Crippen LogP contribution in [0.5, 0.6) is 0 Å². The summed E-state index contributed by atoms with van der Waals surface area (Å²) in [5.41, 5.74) is 0.558. The zero-order chi connectivity index (χ0) is 20.6. The molecule has 2 saturated heterocycles. The molecule has 0 aliphatic carbocycles. The van der Waals surface area contributed by atoms with E-state index in [9.17, 15) is 22.4 Å². The normalized spacial score (nSPS) is 24.5. The Hall–Kier alpha value is -2.26. The molecule has 0 saturated carbocycles. The Morgan fingerprint density at radius 2 is 1.90 bits per heavy atom. The van der Waals surface area contributed by atoms with Gasteiger partial charge in [0.1, 0.15) is 5.82 Å². The summed E-state index contributed by atoms with van der Waals surface area (Å²) in [6, 6.07) is 9.25. The average Bonchev–Trinajstić information content (AvgIpc) is 3.31. The van der Waals surface area contributed by atoms with Gasteiger partial charge >= 0.3 is 0 Å². The standard InChI is InChI=1S/C20H21FN2O4S2/c21-15-3-5-16(6-4-15)23-13-14(12-19(23)24)20(25)22-8-7-18(17-2-1-10-28-17)29(26,27)11-9-22/h1-6,10,14,18H,7-9,11-13H2/t14-,18-/m1/s1. The smallest absolute Gasteiger partial charge is 0.228 e. The van der Waals surface area contributed by atoms with Crippen molar-refractivity contribution >= 4 is 38.7 Å². The van der Waals surface area contributed by atoms with Crippen molar-refractivity contribution < 1.29 is 22.4 Å². The SMILES string of the molecule is O=C([C@@H]1CC(=O)N(c2ccc(F)cc2)C1)N1CC[C@H](c2cccs2)S(=O)(=O)CC1. The van der Waals surface area contributed by atoms with Gasteiger partial charge in [-0.2, -0.15) is 0 Å². The molecule has 0 unspecified atom stereocenters. The number of nitrogens with zero attached hydrogens (tertiary/aromatic N) is 2. The van der Waals surface area contributed by atoms with E-state index in [1.165, 1.54) is 40.5 Å². The third kappa shape index (κ3) is 4.06. The number of rotatable bonds is 3. The number of carbonyl (C=O) groups is 2. The molecule has 2 atom stereocenters. The quantitative estimate of drug-likeness (QED) is 0.741. The molecule has 0 spiro atoms. The van der Waals surface area contributed by atoms with Crippen LogP contribution in [0.1, 0.15) is 23.0 Å². The maximum absolute atomic E-state index is 13.1. The molecule has 2 fully saturated rings. The Morgan fingerprint density at radius 1 is 1.14 bits per heavy atom. The van der Waals surface area contributed by atoms with E-state index in [2.05, 4.69) is 0 Å². The summed E-state index contributed by atoms with van der Waals surface area (Å²) in [5, 5.41) is 1.27. The van der Waals surface area contributed by atoms with Gasteiger partial charge in [-0.3, -0.25) is 9.59 Å². The molecule has 0 bridgehead atoms. The third-order valence-electron chi connectivity index (χ3n) is 5.53. The highest BCUT2D eigenvalue weighted by molar-refractivity contribution is 7.91. The Bertz CT molecular complexity index is 1010. The number of sulfone groups is 1. The van der Waals surface area contributed by atoms with Crippen molar-refractivity contribution in [1.82, 2.24) is 4.90 Å². The highest BCUT2D eigenvalue weighted by Gasteiger charge is 2.39. The molecule has 1 aromatic carbocycles. The number of hydrogen-bond acceptors (Lipinski definition) is 5. The maximum Gasteiger partial charge on any atom is 0.228 e. The minimum atomic E-state index is -3.34. The van der Waals surface area contributed by atoms with E-state index in [1.54, 1.807) is 4.90 Å². The van der Waals surface area contributed by atoms with E-state index in [0.717, 1.165) is 4.88 Å². The Kier molecular flexibility index (Phi) is 5.44. The zero-order valence-corrected chi connectivity index (χ0v) is 17.3. The second-order valence-electron chi connectivity index (χ2n) is 7.37. The summed E-state index contributed by atoms with van der Waals surface area (Å²) in [7, 11) is -3.34. The number of halogens is 1. The van der Waals surface area contributed by atoms with Crippen molar-refractivity contribution in [3.05, 3.63) is 52.5 Å². The monoisotopic (exact) mass is 436 g/mol. The number of thiophene rings is 1. The molecule has 29 heavy (non-hydrogen) atoms. The fourth-order valence-corrected chi connectivity index (χ4v) is 6.96. The minimum Gasteiger partial charge on any atom is -0.341 e. The second kappa shape index (κ2) is 7.87. The molecule has 6 nitrogen and oxygen atoms in total. The van der Waals surface area contributed by atoms with Crippen LogP contribution in [0, 0.1) is 11.7 Å².